The van der Waals surface area contributed by atoms with Crippen LogP contribution in [-0.2, 0) is 0 Å². The van der Waals surface area contributed by atoms with Gasteiger partial charge in [-0.05, 0) is 122 Å². The molecule has 6 rings (SSSR count). The zero-order valence-electron chi connectivity index (χ0n) is 21.1. The molecule has 0 radical (unpaired) electrons. The Hall–Kier alpha value is 0.430. The first-order chi connectivity index (χ1) is 14.9. The van der Waals surface area contributed by atoms with E-state index in [9.17, 15) is 0 Å². The maximum Gasteiger partial charge on any atom is -0.00794 e. The van der Waals surface area contributed by atoms with Crippen LogP contribution in [0.1, 0.15) is 136 Å². The molecule has 31 heavy (non-hydrogen) atoms. The molecule has 6 saturated carbocycles. The molecule has 0 aromatic carbocycles. The summed E-state index contributed by atoms with van der Waals surface area (Å²) >= 11 is 0. The third kappa shape index (κ3) is 3.80. The number of hydrogen-bond acceptors (Lipinski definition) is 0. The Morgan fingerprint density at radius 1 is 0.548 bits per heavy atom. The van der Waals surface area contributed by atoms with E-state index in [0.29, 0.717) is 5.16 Å². The summed E-state index contributed by atoms with van der Waals surface area (Å²) in [6.45, 7) is 8.23. The van der Waals surface area contributed by atoms with Crippen molar-refractivity contribution >= 4 is 7.92 Å². The summed E-state index contributed by atoms with van der Waals surface area (Å²) in [5.74, 6) is 6.38. The van der Waals surface area contributed by atoms with Crippen LogP contribution in [0.25, 0.3) is 0 Å². The molecule has 6 aliphatic carbocycles. The molecule has 6 bridgehead atoms. The second kappa shape index (κ2) is 7.99. The fourth-order valence-corrected chi connectivity index (χ4v) is 18.6. The molecular formula is C30H51P. The average Bonchev–Trinajstić information content (AvgIpc) is 2.65. The fourth-order valence-electron chi connectivity index (χ4n) is 11.8. The quantitative estimate of drug-likeness (QED) is 0.382. The molecule has 1 heteroatoms. The van der Waals surface area contributed by atoms with Gasteiger partial charge >= 0.3 is 0 Å². The second-order valence-corrected chi connectivity index (χ2v) is 18.3. The lowest BCUT2D eigenvalue weighted by atomic mass is 9.66. The monoisotopic (exact) mass is 442 g/mol. The first kappa shape index (κ1) is 21.9. The van der Waals surface area contributed by atoms with Gasteiger partial charge in [0.05, 0.1) is 0 Å². The molecule has 0 aliphatic heterocycles. The lowest BCUT2D eigenvalue weighted by Crippen LogP contribution is -2.55. The maximum absolute atomic E-state index is 2.92. The van der Waals surface area contributed by atoms with Crippen molar-refractivity contribution in [3.05, 3.63) is 0 Å². The third-order valence-corrected chi connectivity index (χ3v) is 16.1. The van der Waals surface area contributed by atoms with Gasteiger partial charge in [-0.15, -0.1) is 0 Å². The van der Waals surface area contributed by atoms with E-state index in [4.69, 9.17) is 0 Å². The van der Waals surface area contributed by atoms with Crippen LogP contribution in [0.3, 0.4) is 0 Å². The molecule has 6 aliphatic rings. The largest absolute Gasteiger partial charge is 0.0878 e. The molecule has 0 aromatic rings. The lowest BCUT2D eigenvalue weighted by molar-refractivity contribution is 0.123. The summed E-state index contributed by atoms with van der Waals surface area (Å²) in [5, 5.41) is 2.26. The van der Waals surface area contributed by atoms with E-state index in [1.54, 1.807) is 116 Å². The van der Waals surface area contributed by atoms with Crippen LogP contribution in [0.2, 0.25) is 0 Å². The van der Waals surface area contributed by atoms with Gasteiger partial charge in [0.2, 0.25) is 0 Å². The van der Waals surface area contributed by atoms with E-state index in [1.807, 2.05) is 0 Å². The topological polar surface area (TPSA) is 0 Å². The molecule has 0 aromatic heterocycles. The predicted molar refractivity (Wildman–Crippen MR) is 136 cm³/mol. The van der Waals surface area contributed by atoms with E-state index < -0.39 is 0 Å². The van der Waals surface area contributed by atoms with Gasteiger partial charge in [-0.1, -0.05) is 73.6 Å². The van der Waals surface area contributed by atoms with Crippen LogP contribution in [-0.4, -0.2) is 15.5 Å². The van der Waals surface area contributed by atoms with Crippen LogP contribution in [0.15, 0.2) is 0 Å². The number of rotatable bonds is 3. The zero-order valence-corrected chi connectivity index (χ0v) is 22.0. The second-order valence-electron chi connectivity index (χ2n) is 14.6. The van der Waals surface area contributed by atoms with Crippen LogP contribution < -0.4 is 0 Å². The molecule has 0 nitrogen and oxygen atoms in total. The molecule has 0 N–H and O–H groups in total. The van der Waals surface area contributed by atoms with Gasteiger partial charge in [-0.3, -0.25) is 0 Å². The van der Waals surface area contributed by atoms with Crippen LogP contribution in [0, 0.1) is 35.5 Å². The van der Waals surface area contributed by atoms with E-state index in [0.717, 1.165) is 45.8 Å². The van der Waals surface area contributed by atoms with Crippen molar-refractivity contribution in [2.45, 2.75) is 152 Å². The van der Waals surface area contributed by atoms with Crippen molar-refractivity contribution < 1.29 is 0 Å². The Balaban J connectivity index is 1.45. The standard InChI is InChI=1S/C30H51P/c1-22-13-24-9-5-11-29(16-22,20-24)31(28(3)18-26-7-4-8-27(15-26)19-28)30-12-6-10-25(21-30)14-23(2)17-30/h22-27H,4-21H2,1-3H3. The van der Waals surface area contributed by atoms with E-state index in [-0.39, 0.29) is 7.92 Å². The summed E-state index contributed by atoms with van der Waals surface area (Å²) < 4.78 is 0. The molecule has 0 saturated heterocycles. The molecule has 6 fully saturated rings. The van der Waals surface area contributed by atoms with Gasteiger partial charge in [0.15, 0.2) is 0 Å². The minimum absolute atomic E-state index is 0.105. The number of fused-ring (bicyclic) bond motifs is 6. The SMILES string of the molecule is CC1CC2CCCC(P(C3(C)CC4CCCC(C4)C3)C34CCCC(CC(C)C3)C4)(C1)C2. The molecule has 8 atom stereocenters. The van der Waals surface area contributed by atoms with Crippen LogP contribution >= 0.6 is 7.92 Å². The van der Waals surface area contributed by atoms with Crippen molar-refractivity contribution in [1.29, 1.82) is 0 Å². The Kier molecular flexibility index (Phi) is 5.65. The first-order valence-electron chi connectivity index (χ1n) is 14.7. The highest BCUT2D eigenvalue weighted by atomic mass is 31.1. The first-order valence-corrected chi connectivity index (χ1v) is 16.0. The highest BCUT2D eigenvalue weighted by Gasteiger charge is 2.62. The Labute approximate surface area is 195 Å². The van der Waals surface area contributed by atoms with Crippen LogP contribution in [0.4, 0.5) is 0 Å². The third-order valence-electron chi connectivity index (χ3n) is 11.6. The van der Waals surface area contributed by atoms with Gasteiger partial charge in [0.25, 0.3) is 0 Å². The number of hydrogen-bond donors (Lipinski definition) is 0. The van der Waals surface area contributed by atoms with Gasteiger partial charge in [-0.25, -0.2) is 0 Å². The molecule has 0 heterocycles. The Morgan fingerprint density at radius 2 is 1.00 bits per heavy atom. The van der Waals surface area contributed by atoms with Gasteiger partial charge in [0, 0.05) is 0 Å². The van der Waals surface area contributed by atoms with Crippen molar-refractivity contribution in [2.24, 2.45) is 35.5 Å². The summed E-state index contributed by atoms with van der Waals surface area (Å²) in [4.78, 5) is 0. The summed E-state index contributed by atoms with van der Waals surface area (Å²) in [5.41, 5.74) is 0. The normalized spacial score (nSPS) is 55.5. The van der Waals surface area contributed by atoms with Crippen molar-refractivity contribution in [3.63, 3.8) is 0 Å². The molecule has 176 valence electrons. The molecule has 0 spiro atoms. The fraction of sp³-hybridized carbons (Fsp3) is 1.00. The molecule has 8 unspecified atom stereocenters. The van der Waals surface area contributed by atoms with Gasteiger partial charge in [0.1, 0.15) is 0 Å². The highest BCUT2D eigenvalue weighted by Crippen LogP contribution is 2.81. The smallest absolute Gasteiger partial charge is 0.00794 e. The van der Waals surface area contributed by atoms with E-state index in [2.05, 4.69) is 20.8 Å². The van der Waals surface area contributed by atoms with E-state index in [1.165, 1.54) is 0 Å². The average molecular weight is 443 g/mol. The summed E-state index contributed by atoms with van der Waals surface area (Å²) in [7, 11) is 0.105. The maximum atomic E-state index is 2.92. The summed E-state index contributed by atoms with van der Waals surface area (Å²) in [6, 6.07) is 0. The van der Waals surface area contributed by atoms with Crippen molar-refractivity contribution in [3.8, 4) is 0 Å². The minimum atomic E-state index is 0.105. The van der Waals surface area contributed by atoms with Crippen LogP contribution in [0.5, 0.6) is 0 Å². The summed E-state index contributed by atoms with van der Waals surface area (Å²) in [6.07, 6.45) is 28.9. The Bertz CT molecular complexity index is 611. The highest BCUT2D eigenvalue weighted by molar-refractivity contribution is 7.62. The zero-order chi connectivity index (χ0) is 21.3. The Morgan fingerprint density at radius 3 is 1.52 bits per heavy atom. The van der Waals surface area contributed by atoms with E-state index >= 15 is 0 Å². The van der Waals surface area contributed by atoms with Crippen molar-refractivity contribution in [1.82, 2.24) is 0 Å². The van der Waals surface area contributed by atoms with Crippen molar-refractivity contribution in [2.75, 3.05) is 0 Å². The van der Waals surface area contributed by atoms with Gasteiger partial charge < -0.3 is 0 Å². The lowest BCUT2D eigenvalue weighted by Gasteiger charge is -2.68. The molecule has 0 amide bonds. The van der Waals surface area contributed by atoms with Gasteiger partial charge in [-0.2, -0.15) is 0 Å². The minimum Gasteiger partial charge on any atom is -0.0878 e. The predicted octanol–water partition coefficient (Wildman–Crippen LogP) is 9.54. The molecular weight excluding hydrogens is 391 g/mol.